The summed E-state index contributed by atoms with van der Waals surface area (Å²) < 4.78 is 5.37. The highest BCUT2D eigenvalue weighted by atomic mass is 35.5. The first-order valence-electron chi connectivity index (χ1n) is 8.24. The number of fused-ring (bicyclic) bond motifs is 1. The van der Waals surface area contributed by atoms with E-state index in [1.54, 1.807) is 24.3 Å². The largest absolute Gasteiger partial charge is 0.366 e. The molecule has 0 spiro atoms. The lowest BCUT2D eigenvalue weighted by Gasteiger charge is -2.22. The molecule has 0 radical (unpaired) electrons. The smallest absolute Gasteiger partial charge is 0.261 e. The maximum absolute atomic E-state index is 12.2. The van der Waals surface area contributed by atoms with E-state index < -0.39 is 6.10 Å². The van der Waals surface area contributed by atoms with Crippen LogP contribution in [0.1, 0.15) is 33.6 Å². The van der Waals surface area contributed by atoms with E-state index in [9.17, 15) is 14.4 Å². The monoisotopic (exact) mass is 367 g/mol. The van der Waals surface area contributed by atoms with Crippen LogP contribution in [0.4, 0.5) is 0 Å². The van der Waals surface area contributed by atoms with Crippen LogP contribution in [0, 0.1) is 0 Å². The maximum Gasteiger partial charge on any atom is 0.261 e. The van der Waals surface area contributed by atoms with E-state index in [0.717, 1.165) is 6.54 Å². The summed E-state index contributed by atoms with van der Waals surface area (Å²) in [5.74, 6) is -0.592. The molecule has 2 heterocycles. The standard InChI is InChI=1S/C17H21N3O4.ClH/c21-15(14-11-18-8-10-24-14)19-7-3-4-9-20-16(22)12-5-1-2-6-13(12)17(20)23;/h1-2,5-6,14,18H,3-4,7-11H2,(H,19,21);1H. The Morgan fingerprint density at radius 2 is 1.88 bits per heavy atom. The Morgan fingerprint density at radius 3 is 2.48 bits per heavy atom. The molecular weight excluding hydrogens is 346 g/mol. The second kappa shape index (κ2) is 8.94. The minimum Gasteiger partial charge on any atom is -0.366 e. The van der Waals surface area contributed by atoms with Gasteiger partial charge in [0.2, 0.25) is 5.91 Å². The SMILES string of the molecule is Cl.O=C(NCCCCN1C(=O)c2ccccc2C1=O)C1CNCCO1. The molecule has 1 aromatic carbocycles. The summed E-state index contributed by atoms with van der Waals surface area (Å²) in [4.78, 5) is 37.5. The molecule has 1 atom stereocenters. The van der Waals surface area contributed by atoms with E-state index in [2.05, 4.69) is 10.6 Å². The molecule has 3 rings (SSSR count). The van der Waals surface area contributed by atoms with Gasteiger partial charge in [-0.25, -0.2) is 0 Å². The molecule has 0 bridgehead atoms. The summed E-state index contributed by atoms with van der Waals surface area (Å²) in [6, 6.07) is 6.86. The fourth-order valence-electron chi connectivity index (χ4n) is 2.90. The molecular formula is C17H22ClN3O4. The molecule has 2 aliphatic heterocycles. The number of imide groups is 1. The molecule has 7 nitrogen and oxygen atoms in total. The zero-order valence-corrected chi connectivity index (χ0v) is 14.6. The van der Waals surface area contributed by atoms with Crippen molar-refractivity contribution in [1.29, 1.82) is 0 Å². The van der Waals surface area contributed by atoms with Crippen LogP contribution in [-0.4, -0.2) is 61.5 Å². The summed E-state index contributed by atoms with van der Waals surface area (Å²) >= 11 is 0. The topological polar surface area (TPSA) is 87.7 Å². The van der Waals surface area contributed by atoms with Crippen molar-refractivity contribution < 1.29 is 19.1 Å². The molecule has 1 fully saturated rings. The molecule has 1 unspecified atom stereocenters. The molecule has 1 saturated heterocycles. The predicted octanol–water partition coefficient (Wildman–Crippen LogP) is 0.589. The van der Waals surface area contributed by atoms with Gasteiger partial charge in [-0.05, 0) is 25.0 Å². The minimum atomic E-state index is -0.435. The first-order valence-corrected chi connectivity index (χ1v) is 8.24. The number of carbonyl (C=O) groups is 3. The number of benzene rings is 1. The Balaban J connectivity index is 0.00000225. The Bertz CT molecular complexity index is 612. The van der Waals surface area contributed by atoms with Crippen LogP contribution in [0.3, 0.4) is 0 Å². The van der Waals surface area contributed by atoms with Gasteiger partial charge in [-0.15, -0.1) is 12.4 Å². The lowest BCUT2D eigenvalue weighted by Crippen LogP contribution is -2.48. The van der Waals surface area contributed by atoms with E-state index in [1.807, 2.05) is 0 Å². The third kappa shape index (κ3) is 4.36. The molecule has 1 aromatic rings. The third-order valence-electron chi connectivity index (χ3n) is 4.21. The lowest BCUT2D eigenvalue weighted by atomic mass is 10.1. The molecule has 0 saturated carbocycles. The number of carbonyl (C=O) groups excluding carboxylic acids is 3. The van der Waals surface area contributed by atoms with Crippen molar-refractivity contribution in [2.24, 2.45) is 0 Å². The van der Waals surface area contributed by atoms with Gasteiger partial charge >= 0.3 is 0 Å². The summed E-state index contributed by atoms with van der Waals surface area (Å²) in [6.45, 7) is 2.70. The Labute approximate surface area is 152 Å². The summed E-state index contributed by atoms with van der Waals surface area (Å²) in [6.07, 6.45) is 0.907. The summed E-state index contributed by atoms with van der Waals surface area (Å²) in [5.41, 5.74) is 0.940. The highest BCUT2D eigenvalue weighted by molar-refractivity contribution is 6.21. The number of unbranched alkanes of at least 4 members (excludes halogenated alkanes) is 1. The zero-order chi connectivity index (χ0) is 16.9. The zero-order valence-electron chi connectivity index (χ0n) is 13.8. The van der Waals surface area contributed by atoms with Gasteiger partial charge in [-0.3, -0.25) is 19.3 Å². The number of amides is 3. The van der Waals surface area contributed by atoms with Gasteiger partial charge in [0, 0.05) is 26.2 Å². The van der Waals surface area contributed by atoms with Gasteiger partial charge in [0.05, 0.1) is 17.7 Å². The highest BCUT2D eigenvalue weighted by Gasteiger charge is 2.34. The first-order chi connectivity index (χ1) is 11.7. The van der Waals surface area contributed by atoms with Crippen molar-refractivity contribution in [3.05, 3.63) is 35.4 Å². The second-order valence-corrected chi connectivity index (χ2v) is 5.87. The molecule has 136 valence electrons. The van der Waals surface area contributed by atoms with Crippen molar-refractivity contribution >= 4 is 30.1 Å². The fourth-order valence-corrected chi connectivity index (χ4v) is 2.90. The van der Waals surface area contributed by atoms with E-state index in [4.69, 9.17) is 4.74 Å². The van der Waals surface area contributed by atoms with Gasteiger partial charge in [0.15, 0.2) is 0 Å². The van der Waals surface area contributed by atoms with Gasteiger partial charge in [-0.1, -0.05) is 12.1 Å². The number of nitrogens with one attached hydrogen (secondary N) is 2. The van der Waals surface area contributed by atoms with Crippen molar-refractivity contribution in [2.45, 2.75) is 18.9 Å². The van der Waals surface area contributed by atoms with Crippen LogP contribution in [-0.2, 0) is 9.53 Å². The molecule has 25 heavy (non-hydrogen) atoms. The van der Waals surface area contributed by atoms with Crippen molar-refractivity contribution in [1.82, 2.24) is 15.5 Å². The molecule has 2 N–H and O–H groups in total. The van der Waals surface area contributed by atoms with E-state index in [-0.39, 0.29) is 30.1 Å². The first kappa shape index (κ1) is 19.4. The van der Waals surface area contributed by atoms with Crippen LogP contribution in [0.2, 0.25) is 0 Å². The number of morpholine rings is 1. The Kier molecular flexibility index (Phi) is 6.92. The third-order valence-corrected chi connectivity index (χ3v) is 4.21. The highest BCUT2D eigenvalue weighted by Crippen LogP contribution is 2.22. The number of halogens is 1. The lowest BCUT2D eigenvalue weighted by molar-refractivity contribution is -0.134. The van der Waals surface area contributed by atoms with Crippen LogP contribution >= 0.6 is 12.4 Å². The molecule has 3 amide bonds. The number of ether oxygens (including phenoxy) is 1. The summed E-state index contributed by atoms with van der Waals surface area (Å²) in [5, 5.41) is 5.93. The van der Waals surface area contributed by atoms with Gasteiger partial charge in [-0.2, -0.15) is 0 Å². The Hall–Kier alpha value is -1.96. The maximum atomic E-state index is 12.2. The van der Waals surface area contributed by atoms with Crippen LogP contribution < -0.4 is 10.6 Å². The number of hydrogen-bond donors (Lipinski definition) is 2. The van der Waals surface area contributed by atoms with Crippen molar-refractivity contribution in [2.75, 3.05) is 32.8 Å². The second-order valence-electron chi connectivity index (χ2n) is 5.87. The molecule has 0 aromatic heterocycles. The minimum absolute atomic E-state index is 0. The van der Waals surface area contributed by atoms with Gasteiger partial charge in [0.25, 0.3) is 11.8 Å². The average molecular weight is 368 g/mol. The Morgan fingerprint density at radius 1 is 1.20 bits per heavy atom. The number of hydrogen-bond acceptors (Lipinski definition) is 5. The molecule has 0 aliphatic carbocycles. The average Bonchev–Trinajstić information content (AvgIpc) is 2.87. The van der Waals surface area contributed by atoms with Crippen LogP contribution in [0.25, 0.3) is 0 Å². The predicted molar refractivity (Wildman–Crippen MR) is 93.9 cm³/mol. The van der Waals surface area contributed by atoms with Crippen LogP contribution in [0.5, 0.6) is 0 Å². The van der Waals surface area contributed by atoms with Crippen LogP contribution in [0.15, 0.2) is 24.3 Å². The quantitative estimate of drug-likeness (QED) is 0.567. The fraction of sp³-hybridized carbons (Fsp3) is 0.471. The van der Waals surface area contributed by atoms with Crippen molar-refractivity contribution in [3.63, 3.8) is 0 Å². The van der Waals surface area contributed by atoms with E-state index >= 15 is 0 Å². The molecule has 2 aliphatic rings. The van der Waals surface area contributed by atoms with Gasteiger partial charge < -0.3 is 15.4 Å². The van der Waals surface area contributed by atoms with Crippen molar-refractivity contribution in [3.8, 4) is 0 Å². The van der Waals surface area contributed by atoms with E-state index in [1.165, 1.54) is 4.90 Å². The summed E-state index contributed by atoms with van der Waals surface area (Å²) in [7, 11) is 0. The normalized spacial score (nSPS) is 19.4. The van der Waals surface area contributed by atoms with E-state index in [0.29, 0.717) is 50.2 Å². The van der Waals surface area contributed by atoms with Gasteiger partial charge in [0.1, 0.15) is 6.10 Å². The number of rotatable bonds is 6. The number of nitrogens with zero attached hydrogens (tertiary/aromatic N) is 1. The molecule has 8 heteroatoms.